The highest BCUT2D eigenvalue weighted by atomic mass is 32.2. The second kappa shape index (κ2) is 8.16. The molecule has 0 saturated heterocycles. The van der Waals surface area contributed by atoms with Crippen molar-refractivity contribution in [1.82, 2.24) is 10.0 Å². The maximum Gasteiger partial charge on any atom is 0.212 e. The molecule has 14 heavy (non-hydrogen) atoms. The van der Waals surface area contributed by atoms with Crippen LogP contribution < -0.4 is 10.0 Å². The Morgan fingerprint density at radius 1 is 1.29 bits per heavy atom. The van der Waals surface area contributed by atoms with Crippen LogP contribution in [0.15, 0.2) is 0 Å². The Morgan fingerprint density at radius 3 is 2.57 bits per heavy atom. The van der Waals surface area contributed by atoms with Crippen LogP contribution in [-0.2, 0) is 14.8 Å². The second-order valence-corrected chi connectivity index (χ2v) is 4.84. The third kappa shape index (κ3) is 8.43. The molecular formula is C8H20N2O3S. The lowest BCUT2D eigenvalue weighted by molar-refractivity contribution is 0.196. The third-order valence-corrected chi connectivity index (χ3v) is 3.03. The van der Waals surface area contributed by atoms with E-state index in [-0.39, 0.29) is 5.75 Å². The summed E-state index contributed by atoms with van der Waals surface area (Å²) in [6.07, 6.45) is 0.705. The molecule has 0 radical (unpaired) electrons. The van der Waals surface area contributed by atoms with E-state index >= 15 is 0 Å². The lowest BCUT2D eigenvalue weighted by Gasteiger charge is -2.06. The zero-order chi connectivity index (χ0) is 10.9. The average molecular weight is 224 g/mol. The normalized spacial score (nSPS) is 11.9. The van der Waals surface area contributed by atoms with E-state index in [4.69, 9.17) is 4.74 Å². The van der Waals surface area contributed by atoms with E-state index in [0.29, 0.717) is 26.1 Å². The summed E-state index contributed by atoms with van der Waals surface area (Å²) in [7, 11) is -1.51. The van der Waals surface area contributed by atoms with Crippen LogP contribution in [0.2, 0.25) is 0 Å². The Kier molecular flexibility index (Phi) is 8.07. The summed E-state index contributed by atoms with van der Waals surface area (Å²) in [5, 5.41) is 2.96. The van der Waals surface area contributed by atoms with Crippen molar-refractivity contribution < 1.29 is 13.2 Å². The number of nitrogens with one attached hydrogen (secondary N) is 2. The largest absolute Gasteiger partial charge is 0.385 e. The Bertz CT molecular complexity index is 217. The molecule has 0 bridgehead atoms. The van der Waals surface area contributed by atoms with Gasteiger partial charge in [-0.2, -0.15) is 0 Å². The van der Waals surface area contributed by atoms with E-state index in [1.54, 1.807) is 7.11 Å². The summed E-state index contributed by atoms with van der Waals surface area (Å²) in [4.78, 5) is 0. The first-order chi connectivity index (χ1) is 6.62. The third-order valence-electron chi connectivity index (χ3n) is 1.64. The van der Waals surface area contributed by atoms with Gasteiger partial charge in [-0.25, -0.2) is 13.1 Å². The number of methoxy groups -OCH3 is 1. The molecule has 6 heteroatoms. The van der Waals surface area contributed by atoms with Crippen LogP contribution in [0.3, 0.4) is 0 Å². The van der Waals surface area contributed by atoms with Gasteiger partial charge in [-0.05, 0) is 13.0 Å². The van der Waals surface area contributed by atoms with E-state index < -0.39 is 10.0 Å². The molecule has 0 aliphatic rings. The summed E-state index contributed by atoms with van der Waals surface area (Å²) in [6, 6.07) is 0. The Balaban J connectivity index is 3.52. The summed E-state index contributed by atoms with van der Waals surface area (Å²) >= 11 is 0. The zero-order valence-electron chi connectivity index (χ0n) is 8.88. The lowest BCUT2D eigenvalue weighted by atomic mass is 10.5. The molecule has 0 spiro atoms. The molecule has 0 amide bonds. The van der Waals surface area contributed by atoms with Gasteiger partial charge in [0, 0.05) is 26.8 Å². The van der Waals surface area contributed by atoms with Crippen LogP contribution in [0.25, 0.3) is 0 Å². The van der Waals surface area contributed by atoms with Crippen molar-refractivity contribution >= 4 is 10.0 Å². The molecule has 0 saturated carbocycles. The highest BCUT2D eigenvalue weighted by Gasteiger charge is 2.07. The van der Waals surface area contributed by atoms with Crippen LogP contribution >= 0.6 is 0 Å². The molecule has 0 aromatic heterocycles. The van der Waals surface area contributed by atoms with Crippen molar-refractivity contribution in [3.05, 3.63) is 0 Å². The lowest BCUT2D eigenvalue weighted by Crippen LogP contribution is -2.32. The van der Waals surface area contributed by atoms with Gasteiger partial charge < -0.3 is 10.1 Å². The van der Waals surface area contributed by atoms with Crippen LogP contribution in [0.1, 0.15) is 13.3 Å². The standard InChI is InChI=1S/C8H20N2O3S/c1-3-9-6-8-14(11,12)10-5-4-7-13-2/h9-10H,3-8H2,1-2H3. The first-order valence-electron chi connectivity index (χ1n) is 4.79. The van der Waals surface area contributed by atoms with Gasteiger partial charge in [-0.1, -0.05) is 6.92 Å². The van der Waals surface area contributed by atoms with E-state index in [1.165, 1.54) is 0 Å². The highest BCUT2D eigenvalue weighted by molar-refractivity contribution is 7.89. The van der Waals surface area contributed by atoms with E-state index in [1.807, 2.05) is 6.92 Å². The van der Waals surface area contributed by atoms with Crippen molar-refractivity contribution in [1.29, 1.82) is 0 Å². The molecule has 0 aromatic carbocycles. The number of rotatable bonds is 9. The topological polar surface area (TPSA) is 67.4 Å². The summed E-state index contributed by atoms with van der Waals surface area (Å²) in [5.74, 6) is 0.133. The number of hydrogen-bond acceptors (Lipinski definition) is 4. The summed E-state index contributed by atoms with van der Waals surface area (Å²) < 4.78 is 29.9. The fraction of sp³-hybridized carbons (Fsp3) is 1.00. The van der Waals surface area contributed by atoms with Crippen LogP contribution in [0.4, 0.5) is 0 Å². The smallest absolute Gasteiger partial charge is 0.212 e. The van der Waals surface area contributed by atoms with Gasteiger partial charge in [-0.3, -0.25) is 0 Å². The minimum Gasteiger partial charge on any atom is -0.385 e. The second-order valence-electron chi connectivity index (χ2n) is 2.91. The van der Waals surface area contributed by atoms with Crippen molar-refractivity contribution in [3.8, 4) is 0 Å². The maximum atomic E-state index is 11.3. The van der Waals surface area contributed by atoms with Crippen molar-refractivity contribution in [2.24, 2.45) is 0 Å². The fourth-order valence-corrected chi connectivity index (χ4v) is 1.91. The molecular weight excluding hydrogens is 204 g/mol. The monoisotopic (exact) mass is 224 g/mol. The molecule has 86 valence electrons. The molecule has 0 fully saturated rings. The molecule has 2 N–H and O–H groups in total. The highest BCUT2D eigenvalue weighted by Crippen LogP contribution is 1.85. The van der Waals surface area contributed by atoms with Crippen molar-refractivity contribution in [2.75, 3.05) is 39.1 Å². The van der Waals surface area contributed by atoms with Gasteiger partial charge in [-0.15, -0.1) is 0 Å². The van der Waals surface area contributed by atoms with Crippen LogP contribution in [-0.4, -0.2) is 47.5 Å². The van der Waals surface area contributed by atoms with Crippen LogP contribution in [0.5, 0.6) is 0 Å². The Hall–Kier alpha value is -0.170. The minimum absolute atomic E-state index is 0.133. The van der Waals surface area contributed by atoms with Crippen molar-refractivity contribution in [2.45, 2.75) is 13.3 Å². The summed E-state index contributed by atoms with van der Waals surface area (Å²) in [6.45, 7) is 4.26. The Labute approximate surface area is 86.3 Å². The molecule has 0 heterocycles. The first-order valence-corrected chi connectivity index (χ1v) is 6.44. The molecule has 0 aliphatic carbocycles. The SMILES string of the molecule is CCNCCS(=O)(=O)NCCCOC. The van der Waals surface area contributed by atoms with Gasteiger partial charge in [0.15, 0.2) is 0 Å². The van der Waals surface area contributed by atoms with Gasteiger partial charge in [0.05, 0.1) is 5.75 Å². The van der Waals surface area contributed by atoms with E-state index in [0.717, 1.165) is 6.54 Å². The molecule has 0 unspecified atom stereocenters. The molecule has 0 atom stereocenters. The van der Waals surface area contributed by atoms with E-state index in [2.05, 4.69) is 10.0 Å². The van der Waals surface area contributed by atoms with Gasteiger partial charge in [0.1, 0.15) is 0 Å². The first kappa shape index (κ1) is 13.8. The summed E-state index contributed by atoms with van der Waals surface area (Å²) in [5.41, 5.74) is 0. The maximum absolute atomic E-state index is 11.3. The van der Waals surface area contributed by atoms with Gasteiger partial charge in [0.2, 0.25) is 10.0 Å². The van der Waals surface area contributed by atoms with Crippen LogP contribution in [0, 0.1) is 0 Å². The molecule has 5 nitrogen and oxygen atoms in total. The zero-order valence-corrected chi connectivity index (χ0v) is 9.69. The molecule has 0 rings (SSSR count). The predicted molar refractivity (Wildman–Crippen MR) is 56.8 cm³/mol. The quantitative estimate of drug-likeness (QED) is 0.521. The van der Waals surface area contributed by atoms with E-state index in [9.17, 15) is 8.42 Å². The van der Waals surface area contributed by atoms with Crippen molar-refractivity contribution in [3.63, 3.8) is 0 Å². The predicted octanol–water partition coefficient (Wildman–Crippen LogP) is -0.448. The minimum atomic E-state index is -3.10. The number of sulfonamides is 1. The average Bonchev–Trinajstić information content (AvgIpc) is 2.13. The molecule has 0 aliphatic heterocycles. The Morgan fingerprint density at radius 2 is 2.00 bits per heavy atom. The fourth-order valence-electron chi connectivity index (χ4n) is 0.900. The van der Waals surface area contributed by atoms with Gasteiger partial charge in [0.25, 0.3) is 0 Å². The van der Waals surface area contributed by atoms with Gasteiger partial charge >= 0.3 is 0 Å². The molecule has 0 aromatic rings. The number of ether oxygens (including phenoxy) is 1. The number of hydrogen-bond donors (Lipinski definition) is 2.